The van der Waals surface area contributed by atoms with E-state index in [0.717, 1.165) is 15.4 Å². The quantitative estimate of drug-likeness (QED) is 0.870. The van der Waals surface area contributed by atoms with Crippen molar-refractivity contribution in [2.45, 2.75) is 6.42 Å². The van der Waals surface area contributed by atoms with Crippen molar-refractivity contribution in [1.29, 1.82) is 0 Å². The maximum absolute atomic E-state index is 11.7. The fraction of sp³-hybridized carbons (Fsp3) is 0.167. The van der Waals surface area contributed by atoms with Gasteiger partial charge in [-0.3, -0.25) is 15.0 Å². The molecule has 0 saturated carbocycles. The van der Waals surface area contributed by atoms with Gasteiger partial charge in [-0.05, 0) is 18.2 Å². The Labute approximate surface area is 117 Å². The lowest BCUT2D eigenvalue weighted by Crippen LogP contribution is -2.50. The van der Waals surface area contributed by atoms with Crippen molar-refractivity contribution in [3.05, 3.63) is 28.9 Å². The predicted octanol–water partition coefficient (Wildman–Crippen LogP) is 1.84. The molecule has 7 heteroatoms. The molecule has 1 fully saturated rings. The predicted molar refractivity (Wildman–Crippen MR) is 72.7 cm³/mol. The molecule has 0 spiro atoms. The van der Waals surface area contributed by atoms with E-state index in [0.29, 0.717) is 12.5 Å². The zero-order valence-electron chi connectivity index (χ0n) is 9.76. The van der Waals surface area contributed by atoms with Gasteiger partial charge in [0.15, 0.2) is 0 Å². The summed E-state index contributed by atoms with van der Waals surface area (Å²) >= 11 is 3.38. The van der Waals surface area contributed by atoms with E-state index in [1.54, 1.807) is 6.20 Å². The average molecular weight is 321 g/mol. The SMILES string of the molecule is O=C1CCN(c2ncc3cc(Br)ccc3n2)C(=O)N1. The largest absolute Gasteiger partial charge is 0.330 e. The normalized spacial score (nSPS) is 15.7. The van der Waals surface area contributed by atoms with Crippen LogP contribution in [-0.2, 0) is 4.79 Å². The summed E-state index contributed by atoms with van der Waals surface area (Å²) in [6.45, 7) is 0.298. The van der Waals surface area contributed by atoms with Crippen LogP contribution in [0.25, 0.3) is 10.9 Å². The first-order valence-corrected chi connectivity index (χ1v) is 6.46. The van der Waals surface area contributed by atoms with E-state index in [9.17, 15) is 9.59 Å². The third-order valence-corrected chi connectivity index (χ3v) is 3.32. The third kappa shape index (κ3) is 2.28. The average Bonchev–Trinajstić information content (AvgIpc) is 2.38. The number of nitrogens with one attached hydrogen (secondary N) is 1. The van der Waals surface area contributed by atoms with Crippen molar-refractivity contribution >= 4 is 44.7 Å². The number of fused-ring (bicyclic) bond motifs is 1. The van der Waals surface area contributed by atoms with Crippen LogP contribution >= 0.6 is 15.9 Å². The number of halogens is 1. The monoisotopic (exact) mass is 320 g/mol. The fourth-order valence-electron chi connectivity index (χ4n) is 1.88. The Bertz CT molecular complexity index is 688. The molecule has 1 saturated heterocycles. The molecule has 0 radical (unpaired) electrons. The Balaban J connectivity index is 1.99. The van der Waals surface area contributed by atoms with Gasteiger partial charge in [-0.15, -0.1) is 0 Å². The zero-order valence-corrected chi connectivity index (χ0v) is 11.3. The molecule has 1 aromatic heterocycles. The van der Waals surface area contributed by atoms with E-state index in [2.05, 4.69) is 31.2 Å². The van der Waals surface area contributed by atoms with Crippen molar-refractivity contribution in [3.63, 3.8) is 0 Å². The summed E-state index contributed by atoms with van der Waals surface area (Å²) in [6.07, 6.45) is 1.92. The number of hydrogen-bond donors (Lipinski definition) is 1. The van der Waals surface area contributed by atoms with Crippen molar-refractivity contribution in [2.24, 2.45) is 0 Å². The van der Waals surface area contributed by atoms with Gasteiger partial charge in [0.1, 0.15) is 0 Å². The fourth-order valence-corrected chi connectivity index (χ4v) is 2.26. The summed E-state index contributed by atoms with van der Waals surface area (Å²) in [5, 5.41) is 3.13. The molecule has 0 unspecified atom stereocenters. The maximum atomic E-state index is 11.7. The Morgan fingerprint density at radius 1 is 1.32 bits per heavy atom. The standard InChI is InChI=1S/C12H9BrN4O2/c13-8-1-2-9-7(5-8)6-14-11(15-9)17-4-3-10(18)16-12(17)19/h1-2,5-6H,3-4H2,(H,16,18,19). The zero-order chi connectivity index (χ0) is 13.4. The lowest BCUT2D eigenvalue weighted by atomic mass is 10.2. The van der Waals surface area contributed by atoms with Gasteiger partial charge in [-0.25, -0.2) is 14.8 Å². The van der Waals surface area contributed by atoms with Gasteiger partial charge in [0.05, 0.1) is 5.52 Å². The number of anilines is 1. The Kier molecular flexibility index (Phi) is 2.90. The van der Waals surface area contributed by atoms with Crippen LogP contribution in [0.15, 0.2) is 28.9 Å². The van der Waals surface area contributed by atoms with Crippen molar-refractivity contribution in [1.82, 2.24) is 15.3 Å². The van der Waals surface area contributed by atoms with Gasteiger partial charge >= 0.3 is 6.03 Å². The molecule has 0 bridgehead atoms. The van der Waals surface area contributed by atoms with Gasteiger partial charge < -0.3 is 0 Å². The maximum Gasteiger partial charge on any atom is 0.330 e. The van der Waals surface area contributed by atoms with Crippen LogP contribution in [0, 0.1) is 0 Å². The Hall–Kier alpha value is -2.02. The second-order valence-electron chi connectivity index (χ2n) is 4.13. The van der Waals surface area contributed by atoms with Crippen LogP contribution in [0.4, 0.5) is 10.7 Å². The lowest BCUT2D eigenvalue weighted by Gasteiger charge is -2.24. The van der Waals surface area contributed by atoms with Crippen molar-refractivity contribution < 1.29 is 9.59 Å². The molecule has 3 amide bonds. The molecule has 6 nitrogen and oxygen atoms in total. The van der Waals surface area contributed by atoms with Crippen LogP contribution in [0.3, 0.4) is 0 Å². The van der Waals surface area contributed by atoms with Crippen LogP contribution in [0.1, 0.15) is 6.42 Å². The van der Waals surface area contributed by atoms with Crippen LogP contribution < -0.4 is 10.2 Å². The summed E-state index contributed by atoms with van der Waals surface area (Å²) in [5.74, 6) is 0.0331. The number of rotatable bonds is 1. The van der Waals surface area contributed by atoms with Crippen LogP contribution in [0.5, 0.6) is 0 Å². The van der Waals surface area contributed by atoms with Gasteiger partial charge in [0, 0.05) is 29.0 Å². The van der Waals surface area contributed by atoms with Gasteiger partial charge in [-0.1, -0.05) is 15.9 Å². The minimum Gasteiger partial charge on any atom is -0.278 e. The highest BCUT2D eigenvalue weighted by Crippen LogP contribution is 2.20. The minimum absolute atomic E-state index is 0.257. The van der Waals surface area contributed by atoms with E-state index in [4.69, 9.17) is 0 Å². The molecule has 1 N–H and O–H groups in total. The van der Waals surface area contributed by atoms with Crippen molar-refractivity contribution in [2.75, 3.05) is 11.4 Å². The molecular weight excluding hydrogens is 312 g/mol. The third-order valence-electron chi connectivity index (χ3n) is 2.82. The van der Waals surface area contributed by atoms with Crippen LogP contribution in [-0.4, -0.2) is 28.5 Å². The first-order valence-electron chi connectivity index (χ1n) is 5.67. The second kappa shape index (κ2) is 4.58. The molecule has 96 valence electrons. The molecule has 3 rings (SSSR count). The summed E-state index contributed by atoms with van der Waals surface area (Å²) in [6, 6.07) is 5.14. The van der Waals surface area contributed by atoms with Crippen molar-refractivity contribution in [3.8, 4) is 0 Å². The van der Waals surface area contributed by atoms with E-state index in [1.807, 2.05) is 18.2 Å². The first kappa shape index (κ1) is 12.0. The topological polar surface area (TPSA) is 75.2 Å². The number of hydrogen-bond acceptors (Lipinski definition) is 4. The molecule has 2 aromatic rings. The number of urea groups is 1. The second-order valence-corrected chi connectivity index (χ2v) is 5.04. The summed E-state index contributed by atoms with van der Waals surface area (Å²) < 4.78 is 0.942. The van der Waals surface area contributed by atoms with Gasteiger partial charge in [-0.2, -0.15) is 0 Å². The molecule has 0 atom stereocenters. The van der Waals surface area contributed by atoms with Gasteiger partial charge in [0.2, 0.25) is 11.9 Å². The van der Waals surface area contributed by atoms with Gasteiger partial charge in [0.25, 0.3) is 0 Å². The van der Waals surface area contributed by atoms with E-state index >= 15 is 0 Å². The van der Waals surface area contributed by atoms with E-state index in [-0.39, 0.29) is 12.3 Å². The van der Waals surface area contributed by atoms with Crippen LogP contribution in [0.2, 0.25) is 0 Å². The lowest BCUT2D eigenvalue weighted by molar-refractivity contribution is -0.120. The number of carbonyl (C=O) groups is 2. The Morgan fingerprint density at radius 3 is 2.95 bits per heavy atom. The molecule has 0 aliphatic carbocycles. The molecule has 2 heterocycles. The highest BCUT2D eigenvalue weighted by molar-refractivity contribution is 9.10. The first-order chi connectivity index (χ1) is 9.13. The minimum atomic E-state index is -0.479. The summed E-state index contributed by atoms with van der Waals surface area (Å²) in [4.78, 5) is 32.7. The summed E-state index contributed by atoms with van der Waals surface area (Å²) in [5.41, 5.74) is 0.748. The number of aromatic nitrogens is 2. The molecule has 19 heavy (non-hydrogen) atoms. The molecular formula is C12H9BrN4O2. The molecule has 1 aliphatic rings. The van der Waals surface area contributed by atoms with E-state index in [1.165, 1.54) is 4.90 Å². The number of amides is 3. The highest BCUT2D eigenvalue weighted by atomic mass is 79.9. The highest BCUT2D eigenvalue weighted by Gasteiger charge is 2.26. The number of carbonyl (C=O) groups excluding carboxylic acids is 2. The van der Waals surface area contributed by atoms with E-state index < -0.39 is 6.03 Å². The number of benzene rings is 1. The number of nitrogens with zero attached hydrogens (tertiary/aromatic N) is 3. The molecule has 1 aliphatic heterocycles. The smallest absolute Gasteiger partial charge is 0.278 e. The number of imide groups is 1. The molecule has 1 aromatic carbocycles. The summed E-state index contributed by atoms with van der Waals surface area (Å²) in [7, 11) is 0. The Morgan fingerprint density at radius 2 is 2.16 bits per heavy atom.